The molecule has 0 radical (unpaired) electrons. The van der Waals surface area contributed by atoms with Crippen LogP contribution < -0.4 is 11.2 Å². The monoisotopic (exact) mass is 360 g/mol. The maximum atomic E-state index is 13.2. The largest absolute Gasteiger partial charge is 0.336 e. The Morgan fingerprint density at radius 3 is 2.30 bits per heavy atom. The second-order valence-electron chi connectivity index (χ2n) is 6.49. The molecule has 4 rings (SSSR count). The average Bonchev–Trinajstić information content (AvgIpc) is 2.68. The van der Waals surface area contributed by atoms with Crippen LogP contribution in [0.15, 0.2) is 82.4 Å². The van der Waals surface area contributed by atoms with E-state index in [9.17, 15) is 14.0 Å². The van der Waals surface area contributed by atoms with Crippen molar-refractivity contribution >= 4 is 10.9 Å². The Labute approximate surface area is 154 Å². The number of hydrogen-bond acceptors (Lipinski definition) is 2. The predicted octanol–water partition coefficient (Wildman–Crippen LogP) is 3.65. The molecule has 0 aliphatic carbocycles. The molecule has 4 aromatic rings. The van der Waals surface area contributed by atoms with E-state index in [0.29, 0.717) is 22.2 Å². The van der Waals surface area contributed by atoms with Gasteiger partial charge in [0.2, 0.25) is 0 Å². The maximum absolute atomic E-state index is 13.2. The molecule has 0 N–H and O–H groups in total. The fourth-order valence-electron chi connectivity index (χ4n) is 3.21. The number of halogens is 1. The summed E-state index contributed by atoms with van der Waals surface area (Å²) in [6, 6.07) is 20.5. The van der Waals surface area contributed by atoms with Gasteiger partial charge in [0.1, 0.15) is 5.82 Å². The van der Waals surface area contributed by atoms with Crippen molar-refractivity contribution in [1.29, 1.82) is 0 Å². The van der Waals surface area contributed by atoms with E-state index in [1.807, 2.05) is 43.3 Å². The Balaban J connectivity index is 2.03. The molecular formula is C22H17FN2O2. The van der Waals surface area contributed by atoms with Crippen molar-refractivity contribution in [2.24, 2.45) is 0 Å². The minimum Gasteiger partial charge on any atom is -0.268 e. The molecule has 0 bridgehead atoms. The number of aryl methyl sites for hydroxylation is 1. The van der Waals surface area contributed by atoms with Crippen LogP contribution in [0.1, 0.15) is 11.1 Å². The van der Waals surface area contributed by atoms with Gasteiger partial charge in [-0.15, -0.1) is 0 Å². The van der Waals surface area contributed by atoms with Crippen LogP contribution in [0.4, 0.5) is 4.39 Å². The fraction of sp³-hybridized carbons (Fsp3) is 0.0909. The minimum atomic E-state index is -0.424. The van der Waals surface area contributed by atoms with Gasteiger partial charge in [-0.05, 0) is 48.9 Å². The summed E-state index contributed by atoms with van der Waals surface area (Å²) < 4.78 is 15.9. The number of rotatable bonds is 3. The van der Waals surface area contributed by atoms with Crippen molar-refractivity contribution in [2.45, 2.75) is 13.5 Å². The molecule has 0 saturated heterocycles. The molecule has 27 heavy (non-hydrogen) atoms. The van der Waals surface area contributed by atoms with Gasteiger partial charge in [-0.1, -0.05) is 42.0 Å². The molecule has 0 unspecified atom stereocenters. The molecule has 4 nitrogen and oxygen atoms in total. The smallest absolute Gasteiger partial charge is 0.268 e. The van der Waals surface area contributed by atoms with Crippen molar-refractivity contribution in [1.82, 2.24) is 9.13 Å². The SMILES string of the molecule is Cc1ccc2c(c1)c(=O)n(Cc1ccc(F)cc1)c(=O)n2-c1ccccc1. The predicted molar refractivity (Wildman–Crippen MR) is 104 cm³/mol. The lowest BCUT2D eigenvalue weighted by molar-refractivity contribution is 0.624. The molecule has 0 fully saturated rings. The van der Waals surface area contributed by atoms with Gasteiger partial charge in [-0.2, -0.15) is 0 Å². The van der Waals surface area contributed by atoms with E-state index in [-0.39, 0.29) is 17.9 Å². The fourth-order valence-corrected chi connectivity index (χ4v) is 3.21. The first-order valence-corrected chi connectivity index (χ1v) is 8.61. The third kappa shape index (κ3) is 3.08. The summed E-state index contributed by atoms with van der Waals surface area (Å²) in [7, 11) is 0. The van der Waals surface area contributed by atoms with E-state index in [1.165, 1.54) is 16.7 Å². The van der Waals surface area contributed by atoms with Crippen molar-refractivity contribution in [2.75, 3.05) is 0 Å². The molecule has 1 aromatic heterocycles. The summed E-state index contributed by atoms with van der Waals surface area (Å²) in [5, 5.41) is 0.473. The number of fused-ring (bicyclic) bond motifs is 1. The summed E-state index contributed by atoms with van der Waals surface area (Å²) in [5.74, 6) is -0.359. The number of hydrogen-bond donors (Lipinski definition) is 0. The zero-order chi connectivity index (χ0) is 19.0. The molecule has 5 heteroatoms. The molecular weight excluding hydrogens is 343 g/mol. The molecule has 0 aliphatic rings. The number of para-hydroxylation sites is 1. The highest BCUT2D eigenvalue weighted by molar-refractivity contribution is 5.80. The van der Waals surface area contributed by atoms with E-state index in [1.54, 1.807) is 28.8 Å². The summed E-state index contributed by atoms with van der Waals surface area (Å²) in [6.45, 7) is 1.98. The normalized spacial score (nSPS) is 11.0. The number of benzene rings is 3. The molecule has 1 heterocycles. The Bertz CT molecular complexity index is 1240. The Hall–Kier alpha value is -3.47. The summed E-state index contributed by atoms with van der Waals surface area (Å²) in [4.78, 5) is 26.2. The van der Waals surface area contributed by atoms with Gasteiger partial charge in [0.25, 0.3) is 5.56 Å². The lowest BCUT2D eigenvalue weighted by Crippen LogP contribution is -2.39. The van der Waals surface area contributed by atoms with Crippen molar-refractivity contribution in [3.8, 4) is 5.69 Å². The van der Waals surface area contributed by atoms with Crippen LogP contribution in [0.3, 0.4) is 0 Å². The second-order valence-corrected chi connectivity index (χ2v) is 6.49. The van der Waals surface area contributed by atoms with Crippen molar-refractivity contribution < 1.29 is 4.39 Å². The lowest BCUT2D eigenvalue weighted by atomic mass is 10.1. The van der Waals surface area contributed by atoms with E-state index in [0.717, 1.165) is 5.56 Å². The molecule has 0 amide bonds. The molecule has 3 aromatic carbocycles. The zero-order valence-electron chi connectivity index (χ0n) is 14.7. The number of aromatic nitrogens is 2. The molecule has 0 atom stereocenters. The van der Waals surface area contributed by atoms with E-state index in [2.05, 4.69) is 0 Å². The number of nitrogens with zero attached hydrogens (tertiary/aromatic N) is 2. The Kier molecular flexibility index (Phi) is 4.20. The summed E-state index contributed by atoms with van der Waals surface area (Å²) in [6.07, 6.45) is 0. The topological polar surface area (TPSA) is 44.0 Å². The Morgan fingerprint density at radius 1 is 0.889 bits per heavy atom. The first-order chi connectivity index (χ1) is 13.0. The van der Waals surface area contributed by atoms with E-state index in [4.69, 9.17) is 0 Å². The average molecular weight is 360 g/mol. The van der Waals surface area contributed by atoms with Crippen LogP contribution >= 0.6 is 0 Å². The van der Waals surface area contributed by atoms with Crippen molar-refractivity contribution in [3.63, 3.8) is 0 Å². The zero-order valence-corrected chi connectivity index (χ0v) is 14.7. The van der Waals surface area contributed by atoms with Crippen LogP contribution in [-0.4, -0.2) is 9.13 Å². The van der Waals surface area contributed by atoms with Crippen LogP contribution in [0.5, 0.6) is 0 Å². The summed E-state index contributed by atoms with van der Waals surface area (Å²) >= 11 is 0. The van der Waals surface area contributed by atoms with Gasteiger partial charge in [0.15, 0.2) is 0 Å². The van der Waals surface area contributed by atoms with Gasteiger partial charge < -0.3 is 0 Å². The molecule has 134 valence electrons. The first kappa shape index (κ1) is 17.0. The van der Waals surface area contributed by atoms with E-state index < -0.39 is 5.69 Å². The quantitative estimate of drug-likeness (QED) is 0.560. The first-order valence-electron chi connectivity index (χ1n) is 8.61. The highest BCUT2D eigenvalue weighted by Crippen LogP contribution is 2.16. The van der Waals surface area contributed by atoms with E-state index >= 15 is 0 Å². The second kappa shape index (κ2) is 6.68. The Morgan fingerprint density at radius 2 is 1.59 bits per heavy atom. The highest BCUT2D eigenvalue weighted by Gasteiger charge is 2.15. The lowest BCUT2D eigenvalue weighted by Gasteiger charge is -2.14. The van der Waals surface area contributed by atoms with Crippen LogP contribution in [0, 0.1) is 12.7 Å². The molecule has 0 saturated carbocycles. The minimum absolute atomic E-state index is 0.0780. The van der Waals surface area contributed by atoms with Crippen LogP contribution in [0.25, 0.3) is 16.6 Å². The summed E-state index contributed by atoms with van der Waals surface area (Å²) in [5.41, 5.74) is 2.09. The maximum Gasteiger partial charge on any atom is 0.336 e. The van der Waals surface area contributed by atoms with Crippen LogP contribution in [0.2, 0.25) is 0 Å². The van der Waals surface area contributed by atoms with Gasteiger partial charge in [0, 0.05) is 0 Å². The van der Waals surface area contributed by atoms with Gasteiger partial charge >= 0.3 is 5.69 Å². The van der Waals surface area contributed by atoms with Crippen molar-refractivity contribution in [3.05, 3.63) is 111 Å². The standard InChI is InChI=1S/C22H17FN2O2/c1-15-7-12-20-19(13-15)21(26)24(14-16-8-10-17(23)11-9-16)22(27)25(20)18-5-3-2-4-6-18/h2-13H,14H2,1H3. The molecule has 0 spiro atoms. The third-order valence-corrected chi connectivity index (χ3v) is 4.56. The highest BCUT2D eigenvalue weighted by atomic mass is 19.1. The molecule has 0 aliphatic heterocycles. The van der Waals surface area contributed by atoms with Crippen LogP contribution in [-0.2, 0) is 6.54 Å². The van der Waals surface area contributed by atoms with Gasteiger partial charge in [0.05, 0.1) is 23.1 Å². The third-order valence-electron chi connectivity index (χ3n) is 4.56. The van der Waals surface area contributed by atoms with Gasteiger partial charge in [-0.25, -0.2) is 9.18 Å². The van der Waals surface area contributed by atoms with Gasteiger partial charge in [-0.3, -0.25) is 13.9 Å².